The third-order valence-corrected chi connectivity index (χ3v) is 5.30. The highest BCUT2D eigenvalue weighted by molar-refractivity contribution is 9.10. The zero-order chi connectivity index (χ0) is 15.7. The van der Waals surface area contributed by atoms with Crippen LogP contribution in [0, 0.1) is 12.5 Å². The molecule has 0 radical (unpaired) electrons. The van der Waals surface area contributed by atoms with Gasteiger partial charge in [-0.25, -0.2) is 6.57 Å². The second-order valence-electron chi connectivity index (χ2n) is 6.49. The Bertz CT molecular complexity index is 722. The molecule has 1 saturated carbocycles. The maximum atomic E-state index is 9.37. The summed E-state index contributed by atoms with van der Waals surface area (Å²) in [4.78, 5) is 4.05. The lowest BCUT2D eigenvalue weighted by Crippen LogP contribution is -2.16. The summed E-state index contributed by atoms with van der Waals surface area (Å²) in [6.45, 7) is 10.8. The molecule has 2 aromatic rings. The smallest absolute Gasteiger partial charge is 0.259 e. The maximum Gasteiger partial charge on any atom is 0.259 e. The molecule has 116 valence electrons. The fourth-order valence-electron chi connectivity index (χ4n) is 3.58. The highest BCUT2D eigenvalue weighted by Crippen LogP contribution is 2.46. The Morgan fingerprint density at radius 1 is 1.41 bits per heavy atom. The molecule has 3 nitrogen and oxygen atoms in total. The van der Waals surface area contributed by atoms with E-state index in [9.17, 15) is 5.11 Å². The summed E-state index contributed by atoms with van der Waals surface area (Å²) in [6, 6.07) is 6.30. The number of aromatic nitrogens is 1. The lowest BCUT2D eigenvalue weighted by atomic mass is 9.89. The molecule has 0 amide bonds. The lowest BCUT2D eigenvalue weighted by molar-refractivity contribution is 0.224. The number of nitrogens with zero attached hydrogens (tertiary/aromatic N) is 2. The van der Waals surface area contributed by atoms with Gasteiger partial charge < -0.3 is 14.5 Å². The summed E-state index contributed by atoms with van der Waals surface area (Å²) >= 11 is 3.55. The normalized spacial score (nSPS) is 18.5. The van der Waals surface area contributed by atoms with Crippen molar-refractivity contribution >= 4 is 26.8 Å². The third kappa shape index (κ3) is 2.57. The van der Waals surface area contributed by atoms with Crippen LogP contribution in [0.15, 0.2) is 28.9 Å². The molecule has 22 heavy (non-hydrogen) atoms. The van der Waals surface area contributed by atoms with Crippen molar-refractivity contribution in [1.82, 2.24) is 4.57 Å². The van der Waals surface area contributed by atoms with Gasteiger partial charge in [-0.15, -0.1) is 0 Å². The van der Waals surface area contributed by atoms with Gasteiger partial charge in [-0.05, 0) is 30.9 Å². The summed E-state index contributed by atoms with van der Waals surface area (Å²) in [7, 11) is 0. The average Bonchev–Trinajstić information content (AvgIpc) is 3.13. The van der Waals surface area contributed by atoms with Gasteiger partial charge in [0.25, 0.3) is 5.54 Å². The molecule has 0 spiro atoms. The van der Waals surface area contributed by atoms with Crippen LogP contribution in [0.1, 0.15) is 38.2 Å². The van der Waals surface area contributed by atoms with Crippen LogP contribution in [0.2, 0.25) is 0 Å². The van der Waals surface area contributed by atoms with Gasteiger partial charge in [-0.2, -0.15) is 0 Å². The van der Waals surface area contributed by atoms with Gasteiger partial charge >= 0.3 is 0 Å². The van der Waals surface area contributed by atoms with E-state index in [-0.39, 0.29) is 18.1 Å². The highest BCUT2D eigenvalue weighted by Gasteiger charge is 2.44. The first-order chi connectivity index (χ1) is 10.6. The van der Waals surface area contributed by atoms with E-state index in [2.05, 4.69) is 49.7 Å². The van der Waals surface area contributed by atoms with Gasteiger partial charge in [0.05, 0.1) is 5.56 Å². The van der Waals surface area contributed by atoms with Gasteiger partial charge in [-0.1, -0.05) is 28.9 Å². The Hall–Kier alpha value is -1.31. The molecule has 0 bridgehead atoms. The SMILES string of the molecule is [C-]#[N+]C1(c2cn(C[C@H](C)CO)c3cc(Br)ccc23)CCCC1. The second kappa shape index (κ2) is 6.06. The van der Waals surface area contributed by atoms with E-state index < -0.39 is 0 Å². The van der Waals surface area contributed by atoms with Crippen molar-refractivity contribution in [3.63, 3.8) is 0 Å². The molecule has 4 heteroatoms. The average molecular weight is 361 g/mol. The minimum Gasteiger partial charge on any atom is -0.396 e. The van der Waals surface area contributed by atoms with Gasteiger partial charge in [0, 0.05) is 47.6 Å². The van der Waals surface area contributed by atoms with Crippen LogP contribution in [0.4, 0.5) is 0 Å². The fraction of sp³-hybridized carbons (Fsp3) is 0.500. The molecule has 1 aromatic carbocycles. The molecular formula is C18H21BrN2O. The van der Waals surface area contributed by atoms with Crippen molar-refractivity contribution in [2.45, 2.75) is 44.7 Å². The number of fused-ring (bicyclic) bond motifs is 1. The molecule has 1 atom stereocenters. The number of aliphatic hydroxyl groups is 1. The van der Waals surface area contributed by atoms with Crippen molar-refractivity contribution < 1.29 is 5.11 Å². The van der Waals surface area contributed by atoms with Crippen LogP contribution in [0.3, 0.4) is 0 Å². The van der Waals surface area contributed by atoms with E-state index >= 15 is 0 Å². The molecule has 3 rings (SSSR count). The van der Waals surface area contributed by atoms with E-state index in [0.29, 0.717) is 0 Å². The summed E-state index contributed by atoms with van der Waals surface area (Å²) in [6.07, 6.45) is 6.35. The topological polar surface area (TPSA) is 29.5 Å². The van der Waals surface area contributed by atoms with Crippen LogP contribution in [-0.4, -0.2) is 16.3 Å². The Morgan fingerprint density at radius 2 is 2.14 bits per heavy atom. The van der Waals surface area contributed by atoms with E-state index in [1.165, 1.54) is 10.9 Å². The van der Waals surface area contributed by atoms with Crippen LogP contribution in [0.5, 0.6) is 0 Å². The summed E-state index contributed by atoms with van der Waals surface area (Å²) < 4.78 is 3.26. The maximum absolute atomic E-state index is 9.37. The standard InChI is InChI=1S/C18H21BrN2O/c1-13(12-22)10-21-11-16(18(20-2)7-3-4-8-18)15-6-5-14(19)9-17(15)21/h5-6,9,11,13,22H,3-4,7-8,10,12H2,1H3/t13-/m0/s1. The number of benzene rings is 1. The zero-order valence-corrected chi connectivity index (χ0v) is 14.4. The predicted octanol–water partition coefficient (Wildman–Crippen LogP) is 4.72. The van der Waals surface area contributed by atoms with Gasteiger partial charge in [0.2, 0.25) is 0 Å². The van der Waals surface area contributed by atoms with Crippen molar-refractivity contribution in [1.29, 1.82) is 0 Å². The molecule has 1 heterocycles. The van der Waals surface area contributed by atoms with Crippen LogP contribution in [0.25, 0.3) is 15.7 Å². The van der Waals surface area contributed by atoms with Crippen molar-refractivity contribution in [2.75, 3.05) is 6.61 Å². The van der Waals surface area contributed by atoms with Crippen molar-refractivity contribution in [3.05, 3.63) is 45.8 Å². The number of halogens is 1. The number of hydrogen-bond donors (Lipinski definition) is 1. The summed E-state index contributed by atoms with van der Waals surface area (Å²) in [5.41, 5.74) is 1.98. The second-order valence-corrected chi connectivity index (χ2v) is 7.41. The van der Waals surface area contributed by atoms with E-state index in [4.69, 9.17) is 6.57 Å². The van der Waals surface area contributed by atoms with Gasteiger partial charge in [0.1, 0.15) is 0 Å². The fourth-order valence-corrected chi connectivity index (χ4v) is 3.93. The molecule has 0 unspecified atom stereocenters. The first-order valence-electron chi connectivity index (χ1n) is 7.88. The molecule has 0 saturated heterocycles. The minimum atomic E-state index is -0.347. The predicted molar refractivity (Wildman–Crippen MR) is 92.6 cm³/mol. The van der Waals surface area contributed by atoms with Crippen LogP contribution < -0.4 is 0 Å². The first kappa shape index (κ1) is 15.6. The van der Waals surface area contributed by atoms with Crippen molar-refractivity contribution in [2.24, 2.45) is 5.92 Å². The Labute approximate surface area is 139 Å². The number of hydrogen-bond acceptors (Lipinski definition) is 1. The minimum absolute atomic E-state index is 0.178. The van der Waals surface area contributed by atoms with Crippen LogP contribution in [-0.2, 0) is 12.1 Å². The number of rotatable bonds is 4. The molecule has 1 aromatic heterocycles. The molecule has 1 N–H and O–H groups in total. The molecule has 1 fully saturated rings. The third-order valence-electron chi connectivity index (χ3n) is 4.81. The van der Waals surface area contributed by atoms with Gasteiger partial charge in [0.15, 0.2) is 0 Å². The van der Waals surface area contributed by atoms with E-state index in [1.807, 2.05) is 6.92 Å². The Kier molecular flexibility index (Phi) is 4.29. The monoisotopic (exact) mass is 360 g/mol. The quantitative estimate of drug-likeness (QED) is 0.785. The molecular weight excluding hydrogens is 340 g/mol. The first-order valence-corrected chi connectivity index (χ1v) is 8.67. The molecule has 1 aliphatic carbocycles. The van der Waals surface area contributed by atoms with E-state index in [1.54, 1.807) is 0 Å². The van der Waals surface area contributed by atoms with E-state index in [0.717, 1.165) is 42.2 Å². The Morgan fingerprint density at radius 3 is 2.77 bits per heavy atom. The summed E-state index contributed by atoms with van der Waals surface area (Å²) in [5.74, 6) is 0.204. The Balaban J connectivity index is 2.17. The molecule has 0 aliphatic heterocycles. The van der Waals surface area contributed by atoms with Crippen LogP contribution >= 0.6 is 15.9 Å². The van der Waals surface area contributed by atoms with Gasteiger partial charge in [-0.3, -0.25) is 0 Å². The summed E-state index contributed by atoms with van der Waals surface area (Å²) in [5, 5.41) is 10.6. The number of aliphatic hydroxyl groups excluding tert-OH is 1. The van der Waals surface area contributed by atoms with Crippen molar-refractivity contribution in [3.8, 4) is 0 Å². The largest absolute Gasteiger partial charge is 0.396 e. The molecule has 1 aliphatic rings. The highest BCUT2D eigenvalue weighted by atomic mass is 79.9. The lowest BCUT2D eigenvalue weighted by Gasteiger charge is -2.14. The zero-order valence-electron chi connectivity index (χ0n) is 12.8.